The molecule has 2 aromatic heterocycles. The molecule has 2 aliphatic rings. The molecule has 1 aromatic carbocycles. The minimum atomic E-state index is -0.325. The molecule has 0 amide bonds. The molecule has 0 spiro atoms. The Hall–Kier alpha value is -2.32. The van der Waals surface area contributed by atoms with E-state index in [1.807, 2.05) is 6.07 Å². The molecule has 4 heterocycles. The summed E-state index contributed by atoms with van der Waals surface area (Å²) in [6.45, 7) is 8.45. The van der Waals surface area contributed by atoms with Crippen molar-refractivity contribution in [3.63, 3.8) is 0 Å². The van der Waals surface area contributed by atoms with Gasteiger partial charge >= 0.3 is 0 Å². The van der Waals surface area contributed by atoms with Crippen LogP contribution >= 0.6 is 0 Å². The minimum absolute atomic E-state index is 0.168. The van der Waals surface area contributed by atoms with E-state index in [9.17, 15) is 4.39 Å². The normalized spacial score (nSPS) is 19.9. The van der Waals surface area contributed by atoms with Crippen molar-refractivity contribution >= 4 is 10.9 Å². The molecular weight excluding hydrogens is 383 g/mol. The van der Waals surface area contributed by atoms with E-state index < -0.39 is 0 Å². The number of benzene rings is 1. The van der Waals surface area contributed by atoms with Crippen LogP contribution in [0.3, 0.4) is 0 Å². The third kappa shape index (κ3) is 3.52. The van der Waals surface area contributed by atoms with E-state index in [2.05, 4.69) is 39.3 Å². The maximum atomic E-state index is 14.6. The topological polar surface area (TPSA) is 72.0 Å². The number of aromatic nitrogens is 4. The summed E-state index contributed by atoms with van der Waals surface area (Å²) in [5.74, 6) is 1.05. The summed E-state index contributed by atoms with van der Waals surface area (Å²) in [5, 5.41) is 13.0. The summed E-state index contributed by atoms with van der Waals surface area (Å²) in [7, 11) is 0. The molecule has 0 saturated carbocycles. The van der Waals surface area contributed by atoms with Crippen LogP contribution in [0, 0.1) is 5.82 Å². The van der Waals surface area contributed by atoms with Gasteiger partial charge in [0.15, 0.2) is 0 Å². The van der Waals surface area contributed by atoms with E-state index in [4.69, 9.17) is 4.52 Å². The standard InChI is InChI=1S/C22H29FN6O/c1-14(2)19-17-4-3-5-18(23)20(17)29(26-19)22-25-21(30-27-22)15-8-12-28(13-9-15)16-6-10-24-11-7-16/h3-5,14-16,24H,6-13H2,1-2H3. The first-order valence-corrected chi connectivity index (χ1v) is 11.1. The van der Waals surface area contributed by atoms with Gasteiger partial charge in [-0.3, -0.25) is 0 Å². The van der Waals surface area contributed by atoms with Crippen molar-refractivity contribution in [1.82, 2.24) is 30.1 Å². The molecule has 0 atom stereocenters. The molecule has 2 aliphatic heterocycles. The van der Waals surface area contributed by atoms with Crippen molar-refractivity contribution in [1.29, 1.82) is 0 Å². The molecular formula is C22H29FN6O. The Morgan fingerprint density at radius 2 is 1.90 bits per heavy atom. The van der Waals surface area contributed by atoms with Crippen molar-refractivity contribution in [3.8, 4) is 5.95 Å². The number of rotatable bonds is 4. The van der Waals surface area contributed by atoms with Crippen LogP contribution in [0.5, 0.6) is 0 Å². The van der Waals surface area contributed by atoms with Gasteiger partial charge in [-0.25, -0.2) is 4.39 Å². The van der Waals surface area contributed by atoms with E-state index in [1.54, 1.807) is 6.07 Å². The Bertz CT molecular complexity index is 1010. The molecule has 7 nitrogen and oxygen atoms in total. The lowest BCUT2D eigenvalue weighted by atomic mass is 9.94. The fraction of sp³-hybridized carbons (Fsp3) is 0.591. The van der Waals surface area contributed by atoms with Gasteiger partial charge in [-0.15, -0.1) is 0 Å². The van der Waals surface area contributed by atoms with E-state index in [-0.39, 0.29) is 17.7 Å². The third-order valence-electron chi connectivity index (χ3n) is 6.55. The maximum Gasteiger partial charge on any atom is 0.291 e. The monoisotopic (exact) mass is 412 g/mol. The largest absolute Gasteiger partial charge is 0.337 e. The quantitative estimate of drug-likeness (QED) is 0.706. The van der Waals surface area contributed by atoms with Gasteiger partial charge in [0.2, 0.25) is 5.89 Å². The van der Waals surface area contributed by atoms with Crippen molar-refractivity contribution in [2.24, 2.45) is 0 Å². The van der Waals surface area contributed by atoms with Crippen LogP contribution in [0.2, 0.25) is 0 Å². The average Bonchev–Trinajstić information content (AvgIpc) is 3.40. The van der Waals surface area contributed by atoms with Crippen LogP contribution in [0.1, 0.15) is 63.0 Å². The highest BCUT2D eigenvalue weighted by Gasteiger charge is 2.30. The highest BCUT2D eigenvalue weighted by Crippen LogP contribution is 2.31. The van der Waals surface area contributed by atoms with Crippen LogP contribution in [-0.4, -0.2) is 57.0 Å². The molecule has 0 radical (unpaired) electrons. The molecule has 0 bridgehead atoms. The highest BCUT2D eigenvalue weighted by molar-refractivity contribution is 5.84. The van der Waals surface area contributed by atoms with Gasteiger partial charge < -0.3 is 14.7 Å². The second-order valence-electron chi connectivity index (χ2n) is 8.81. The van der Waals surface area contributed by atoms with Crippen molar-refractivity contribution < 1.29 is 8.91 Å². The SMILES string of the molecule is CC(C)c1nn(-c2noc(C3CCN(C4CCNCC4)CC3)n2)c2c(F)cccc12. The average molecular weight is 413 g/mol. The number of piperidine rings is 2. The van der Waals surface area contributed by atoms with Crippen LogP contribution in [-0.2, 0) is 0 Å². The van der Waals surface area contributed by atoms with Gasteiger partial charge in [0.1, 0.15) is 11.3 Å². The molecule has 2 fully saturated rings. The van der Waals surface area contributed by atoms with Crippen LogP contribution < -0.4 is 5.32 Å². The Labute approximate surface area is 175 Å². The molecule has 160 valence electrons. The predicted octanol–water partition coefficient (Wildman–Crippen LogP) is 3.60. The molecule has 30 heavy (non-hydrogen) atoms. The van der Waals surface area contributed by atoms with Gasteiger partial charge in [0, 0.05) is 17.3 Å². The number of fused-ring (bicyclic) bond motifs is 1. The number of nitrogens with one attached hydrogen (secondary N) is 1. The summed E-state index contributed by atoms with van der Waals surface area (Å²) in [4.78, 5) is 7.24. The molecule has 3 aromatic rings. The van der Waals surface area contributed by atoms with Crippen molar-refractivity contribution in [3.05, 3.63) is 35.6 Å². The second kappa shape index (κ2) is 8.07. The molecule has 0 unspecified atom stereocenters. The number of likely N-dealkylation sites (tertiary alicyclic amines) is 1. The van der Waals surface area contributed by atoms with E-state index in [0.717, 1.165) is 50.1 Å². The minimum Gasteiger partial charge on any atom is -0.337 e. The number of nitrogens with zero attached hydrogens (tertiary/aromatic N) is 5. The lowest BCUT2D eigenvalue weighted by molar-refractivity contribution is 0.120. The summed E-state index contributed by atoms with van der Waals surface area (Å²) < 4.78 is 21.8. The Balaban J connectivity index is 1.37. The lowest BCUT2D eigenvalue weighted by Crippen LogP contribution is -2.46. The summed E-state index contributed by atoms with van der Waals surface area (Å²) in [6.07, 6.45) is 4.48. The molecule has 2 saturated heterocycles. The first-order valence-electron chi connectivity index (χ1n) is 11.1. The van der Waals surface area contributed by atoms with Gasteiger partial charge in [0.05, 0.1) is 5.69 Å². The van der Waals surface area contributed by atoms with Crippen LogP contribution in [0.15, 0.2) is 22.7 Å². The molecule has 8 heteroatoms. The zero-order valence-electron chi connectivity index (χ0n) is 17.6. The fourth-order valence-electron chi connectivity index (χ4n) is 4.88. The summed E-state index contributed by atoms with van der Waals surface area (Å²) >= 11 is 0. The van der Waals surface area contributed by atoms with Gasteiger partial charge in [-0.2, -0.15) is 14.8 Å². The maximum absolute atomic E-state index is 14.6. The second-order valence-corrected chi connectivity index (χ2v) is 8.81. The van der Waals surface area contributed by atoms with E-state index in [0.29, 0.717) is 23.4 Å². The number of hydrogen-bond acceptors (Lipinski definition) is 6. The lowest BCUT2D eigenvalue weighted by Gasteiger charge is -2.38. The van der Waals surface area contributed by atoms with Crippen molar-refractivity contribution in [2.75, 3.05) is 26.2 Å². The van der Waals surface area contributed by atoms with Gasteiger partial charge in [-0.1, -0.05) is 26.0 Å². The first kappa shape index (κ1) is 19.6. The Morgan fingerprint density at radius 3 is 2.63 bits per heavy atom. The van der Waals surface area contributed by atoms with Crippen molar-refractivity contribution in [2.45, 2.75) is 57.4 Å². The Morgan fingerprint density at radius 1 is 1.13 bits per heavy atom. The van der Waals surface area contributed by atoms with Crippen LogP contribution in [0.4, 0.5) is 4.39 Å². The molecule has 0 aliphatic carbocycles. The van der Waals surface area contributed by atoms with E-state index in [1.165, 1.54) is 23.6 Å². The number of halogens is 1. The molecule has 5 rings (SSSR count). The Kier molecular flexibility index (Phi) is 5.28. The number of hydrogen-bond donors (Lipinski definition) is 1. The summed E-state index contributed by atoms with van der Waals surface area (Å²) in [5.41, 5.74) is 1.25. The smallest absolute Gasteiger partial charge is 0.291 e. The van der Waals surface area contributed by atoms with Crippen LogP contribution in [0.25, 0.3) is 16.9 Å². The third-order valence-corrected chi connectivity index (χ3v) is 6.55. The number of para-hydroxylation sites is 1. The van der Waals surface area contributed by atoms with E-state index >= 15 is 0 Å². The fourth-order valence-corrected chi connectivity index (χ4v) is 4.88. The highest BCUT2D eigenvalue weighted by atomic mass is 19.1. The first-order chi connectivity index (χ1) is 14.6. The predicted molar refractivity (Wildman–Crippen MR) is 112 cm³/mol. The van der Waals surface area contributed by atoms with Gasteiger partial charge in [0.25, 0.3) is 5.95 Å². The molecule has 1 N–H and O–H groups in total. The van der Waals surface area contributed by atoms with Gasteiger partial charge in [-0.05, 0) is 69.0 Å². The summed E-state index contributed by atoms with van der Waals surface area (Å²) in [6, 6.07) is 5.75. The zero-order chi connectivity index (χ0) is 20.7. The zero-order valence-corrected chi connectivity index (χ0v) is 17.6.